The quantitative estimate of drug-likeness (QED) is 0.125. The van der Waals surface area contributed by atoms with Gasteiger partial charge < -0.3 is 0 Å². The van der Waals surface area contributed by atoms with Crippen LogP contribution >= 0.6 is 0 Å². The third kappa shape index (κ3) is 6.87. The van der Waals surface area contributed by atoms with E-state index in [0.29, 0.717) is 24.5 Å². The van der Waals surface area contributed by atoms with Crippen molar-refractivity contribution in [1.29, 1.82) is 0 Å². The summed E-state index contributed by atoms with van der Waals surface area (Å²) in [5.74, 6) is -65.9. The van der Waals surface area contributed by atoms with E-state index < -0.39 is 59.1 Å². The topological polar surface area (TPSA) is 0 Å². The molecule has 1 fully saturated rings. The lowest BCUT2D eigenvalue weighted by molar-refractivity contribution is -0.469. The molecule has 47 heavy (non-hydrogen) atoms. The predicted octanol–water partition coefficient (Wildman–Crippen LogP) is 12.1. The number of hydrogen-bond acceptors (Lipinski definition) is 0. The van der Waals surface area contributed by atoms with Crippen molar-refractivity contribution in [3.8, 4) is 0 Å². The zero-order valence-electron chi connectivity index (χ0n) is 24.2. The number of halogens is 19. The van der Waals surface area contributed by atoms with Crippen LogP contribution in [0.25, 0.3) is 0 Å². The summed E-state index contributed by atoms with van der Waals surface area (Å²) in [4.78, 5) is 0. The molecule has 0 spiro atoms. The minimum atomic E-state index is -8.92. The van der Waals surface area contributed by atoms with Crippen molar-refractivity contribution in [2.24, 2.45) is 11.8 Å². The number of alkyl halides is 19. The van der Waals surface area contributed by atoms with E-state index >= 15 is 0 Å². The van der Waals surface area contributed by atoms with Crippen molar-refractivity contribution >= 4 is 0 Å². The van der Waals surface area contributed by atoms with E-state index in [-0.39, 0.29) is 30.0 Å². The fourth-order valence-electron chi connectivity index (χ4n) is 5.29. The van der Waals surface area contributed by atoms with Crippen molar-refractivity contribution in [3.63, 3.8) is 0 Å². The average molecular weight is 727 g/mol. The molecule has 0 N–H and O–H groups in total. The monoisotopic (exact) mass is 726 g/mol. The van der Waals surface area contributed by atoms with Crippen LogP contribution < -0.4 is 0 Å². The molecule has 1 saturated carbocycles. The molecule has 0 saturated heterocycles. The van der Waals surface area contributed by atoms with Gasteiger partial charge >= 0.3 is 53.6 Å². The van der Waals surface area contributed by atoms with Crippen LogP contribution in [0.3, 0.4) is 0 Å². The lowest BCUT2D eigenvalue weighted by Crippen LogP contribution is -2.75. The van der Waals surface area contributed by atoms with E-state index in [0.717, 1.165) is 51.4 Å². The first kappa shape index (κ1) is 41.1. The van der Waals surface area contributed by atoms with Crippen LogP contribution in [0.15, 0.2) is 24.3 Å². The summed E-state index contributed by atoms with van der Waals surface area (Å²) in [7, 11) is 0. The molecule has 1 aliphatic rings. The van der Waals surface area contributed by atoms with Gasteiger partial charge in [0.15, 0.2) is 0 Å². The third-order valence-electron chi connectivity index (χ3n) is 8.46. The molecule has 0 aromatic heterocycles. The van der Waals surface area contributed by atoms with E-state index in [1.807, 2.05) is 0 Å². The molecule has 2 rings (SSSR count). The molecule has 1 aromatic rings. The Balaban J connectivity index is 2.29. The van der Waals surface area contributed by atoms with Crippen molar-refractivity contribution in [1.82, 2.24) is 0 Å². The van der Waals surface area contributed by atoms with Crippen LogP contribution in [-0.4, -0.2) is 47.6 Å². The normalized spacial score (nSPS) is 20.1. The van der Waals surface area contributed by atoms with Crippen molar-refractivity contribution < 1.29 is 83.4 Å². The predicted molar refractivity (Wildman–Crippen MR) is 129 cm³/mol. The second-order valence-electron chi connectivity index (χ2n) is 11.7. The van der Waals surface area contributed by atoms with Gasteiger partial charge in [0.25, 0.3) is 0 Å². The van der Waals surface area contributed by atoms with E-state index in [1.54, 1.807) is 0 Å². The lowest BCUT2D eigenvalue weighted by atomic mass is 9.77. The van der Waals surface area contributed by atoms with Gasteiger partial charge in [-0.3, -0.25) is 0 Å². The Morgan fingerprint density at radius 1 is 0.468 bits per heavy atom. The maximum Gasteiger partial charge on any atom is 0.460 e. The van der Waals surface area contributed by atoms with Gasteiger partial charge in [-0.25, -0.2) is 0 Å². The first-order valence-electron chi connectivity index (χ1n) is 14.2. The number of aryl methyl sites for hydroxylation is 1. The van der Waals surface area contributed by atoms with Crippen LogP contribution in [0.5, 0.6) is 0 Å². The number of benzene rings is 1. The van der Waals surface area contributed by atoms with Gasteiger partial charge in [0, 0.05) is 5.56 Å². The summed E-state index contributed by atoms with van der Waals surface area (Å²) in [6.45, 7) is 2.06. The fraction of sp³-hybridized carbons (Fsp3) is 0.786. The molecule has 0 bridgehead atoms. The molecule has 274 valence electrons. The Hall–Kier alpha value is -2.11. The molecule has 0 atom stereocenters. The number of rotatable bonds is 15. The highest BCUT2D eigenvalue weighted by Crippen LogP contribution is 2.66. The van der Waals surface area contributed by atoms with Gasteiger partial charge in [-0.1, -0.05) is 82.6 Å². The second kappa shape index (κ2) is 13.3. The van der Waals surface area contributed by atoms with Crippen LogP contribution in [0, 0.1) is 11.8 Å². The summed E-state index contributed by atoms with van der Waals surface area (Å²) < 4.78 is 258. The highest BCUT2D eigenvalue weighted by Gasteiger charge is 2.96. The number of unbranched alkanes of at least 4 members (excludes halogenated alkanes) is 2. The molecule has 0 aliphatic heterocycles. The standard InChI is InChI=1S/C28H29F19/c1-2-3-4-5-16-6-8-17(9-7-16)10-11-18-12-14-19(15-13-18)20(29,30)21(31,32)22(33,34)23(35,36)24(37,38)25(39,40)26(41,42)27(43,44)28(45,46)47/h12-17H,2-11H2,1H3/t16-,17-. The van der Waals surface area contributed by atoms with Crippen molar-refractivity contribution in [3.05, 3.63) is 35.4 Å². The summed E-state index contributed by atoms with van der Waals surface area (Å²) in [6.07, 6.45) is 0.516. The second-order valence-corrected chi connectivity index (χ2v) is 11.7. The molecule has 0 unspecified atom stereocenters. The zero-order valence-corrected chi connectivity index (χ0v) is 24.2. The Morgan fingerprint density at radius 3 is 1.21 bits per heavy atom. The van der Waals surface area contributed by atoms with E-state index in [1.165, 1.54) is 0 Å². The molecule has 1 aromatic carbocycles. The van der Waals surface area contributed by atoms with E-state index in [9.17, 15) is 83.4 Å². The highest BCUT2D eigenvalue weighted by molar-refractivity contribution is 5.30. The molecular weight excluding hydrogens is 697 g/mol. The van der Waals surface area contributed by atoms with E-state index in [4.69, 9.17) is 0 Å². The molecule has 1 aliphatic carbocycles. The maximum absolute atomic E-state index is 14.6. The van der Waals surface area contributed by atoms with Crippen LogP contribution in [-0.2, 0) is 12.3 Å². The Bertz CT molecular complexity index is 1160. The first-order valence-corrected chi connectivity index (χ1v) is 14.2. The summed E-state index contributed by atoms with van der Waals surface area (Å²) >= 11 is 0. The Morgan fingerprint density at radius 2 is 0.830 bits per heavy atom. The van der Waals surface area contributed by atoms with E-state index in [2.05, 4.69) is 6.92 Å². The van der Waals surface area contributed by atoms with Crippen LogP contribution in [0.1, 0.15) is 75.8 Å². The van der Waals surface area contributed by atoms with Crippen LogP contribution in [0.4, 0.5) is 83.4 Å². The highest BCUT2D eigenvalue weighted by atomic mass is 19.4. The Labute approximate surface area is 256 Å². The number of hydrogen-bond donors (Lipinski definition) is 0. The summed E-state index contributed by atoms with van der Waals surface area (Å²) in [6, 6.07) is 1.31. The molecule has 0 nitrogen and oxygen atoms in total. The summed E-state index contributed by atoms with van der Waals surface area (Å²) in [5, 5.41) is 0. The smallest absolute Gasteiger partial charge is 0.194 e. The van der Waals surface area contributed by atoms with Gasteiger partial charge in [0.05, 0.1) is 0 Å². The molecule has 0 radical (unpaired) electrons. The molecule has 0 heterocycles. The van der Waals surface area contributed by atoms with Crippen molar-refractivity contribution in [2.75, 3.05) is 0 Å². The largest absolute Gasteiger partial charge is 0.460 e. The van der Waals surface area contributed by atoms with Gasteiger partial charge in [0.1, 0.15) is 0 Å². The zero-order chi connectivity index (χ0) is 36.7. The van der Waals surface area contributed by atoms with Crippen molar-refractivity contribution in [2.45, 2.75) is 125 Å². The van der Waals surface area contributed by atoms with Gasteiger partial charge in [-0.15, -0.1) is 0 Å². The third-order valence-corrected chi connectivity index (χ3v) is 8.46. The fourth-order valence-corrected chi connectivity index (χ4v) is 5.29. The first-order chi connectivity index (χ1) is 21.0. The SMILES string of the molecule is CCCCC[C@H]1CC[C@H](CCc2ccc(C(F)(F)C(F)(F)C(F)(F)C(F)(F)C(F)(F)C(F)(F)C(F)(F)C(F)(F)C(F)(F)F)cc2)CC1. The Kier molecular flexibility index (Phi) is 11.6. The van der Waals surface area contributed by atoms with Gasteiger partial charge in [0.2, 0.25) is 0 Å². The minimum absolute atomic E-state index is 0.00706. The molecule has 19 heteroatoms. The maximum atomic E-state index is 14.6. The summed E-state index contributed by atoms with van der Waals surface area (Å²) in [5.41, 5.74) is -2.12. The lowest BCUT2D eigenvalue weighted by Gasteiger charge is -2.43. The van der Waals surface area contributed by atoms with Gasteiger partial charge in [-0.2, -0.15) is 83.4 Å². The van der Waals surface area contributed by atoms with Gasteiger partial charge in [-0.05, 0) is 30.2 Å². The molecule has 0 amide bonds. The minimum Gasteiger partial charge on any atom is -0.194 e. The average Bonchev–Trinajstić information content (AvgIpc) is 2.95. The van der Waals surface area contributed by atoms with Crippen LogP contribution in [0.2, 0.25) is 0 Å². The molecular formula is C28H29F19.